The summed E-state index contributed by atoms with van der Waals surface area (Å²) in [5.41, 5.74) is 3.59. The minimum atomic E-state index is -0.621. The molecule has 1 amide bonds. The molecule has 0 radical (unpaired) electrons. The van der Waals surface area contributed by atoms with E-state index in [2.05, 4.69) is 10.3 Å². The van der Waals surface area contributed by atoms with Crippen molar-refractivity contribution in [2.75, 3.05) is 25.6 Å². The van der Waals surface area contributed by atoms with Crippen LogP contribution in [0.2, 0.25) is 0 Å². The van der Waals surface area contributed by atoms with Crippen LogP contribution >= 0.6 is 11.3 Å². The van der Waals surface area contributed by atoms with E-state index in [9.17, 15) is 9.59 Å². The lowest BCUT2D eigenvalue weighted by molar-refractivity contribution is -0.149. The lowest BCUT2D eigenvalue weighted by Gasteiger charge is -2.09. The summed E-state index contributed by atoms with van der Waals surface area (Å²) in [7, 11) is 1.61. The van der Waals surface area contributed by atoms with Gasteiger partial charge in [-0.05, 0) is 55.3 Å². The van der Waals surface area contributed by atoms with Crippen molar-refractivity contribution >= 4 is 28.3 Å². The molecule has 0 saturated carbocycles. The zero-order valence-corrected chi connectivity index (χ0v) is 17.7. The second-order valence-electron chi connectivity index (χ2n) is 6.53. The number of benzene rings is 2. The van der Waals surface area contributed by atoms with E-state index in [1.807, 2.05) is 61.7 Å². The van der Waals surface area contributed by atoms with Crippen LogP contribution in [0.5, 0.6) is 11.5 Å². The number of nitrogens with one attached hydrogen (secondary N) is 1. The molecular formula is C22H22N2O5S. The van der Waals surface area contributed by atoms with E-state index >= 15 is 0 Å². The molecule has 0 aliphatic heterocycles. The Hall–Kier alpha value is -3.39. The molecule has 1 N–H and O–H groups in total. The van der Waals surface area contributed by atoms with Crippen molar-refractivity contribution < 1.29 is 23.8 Å². The van der Waals surface area contributed by atoms with Crippen LogP contribution in [0, 0.1) is 13.8 Å². The molecule has 0 spiro atoms. The Bertz CT molecular complexity index is 1030. The third-order valence-electron chi connectivity index (χ3n) is 4.19. The molecule has 3 rings (SSSR count). The Balaban J connectivity index is 1.45. The fourth-order valence-corrected chi connectivity index (χ4v) is 3.30. The van der Waals surface area contributed by atoms with Gasteiger partial charge in [0, 0.05) is 10.9 Å². The third kappa shape index (κ3) is 5.81. The molecule has 0 saturated heterocycles. The number of hydrogen-bond donors (Lipinski definition) is 1. The molecular weight excluding hydrogens is 404 g/mol. The van der Waals surface area contributed by atoms with Gasteiger partial charge in [0.15, 0.2) is 18.3 Å². The Morgan fingerprint density at radius 3 is 2.57 bits per heavy atom. The highest BCUT2D eigenvalue weighted by molar-refractivity contribution is 7.14. The molecule has 0 atom stereocenters. The summed E-state index contributed by atoms with van der Waals surface area (Å²) in [5, 5.41) is 4.89. The van der Waals surface area contributed by atoms with Gasteiger partial charge in [-0.3, -0.25) is 10.1 Å². The molecule has 2 aromatic carbocycles. The minimum absolute atomic E-state index is 0.267. The standard InChI is InChI=1S/C22H22N2O5S/c1-14-4-5-15(2)19(10-14)28-12-21(26)29-11-20(25)24-22-23-18(13-30-22)16-6-8-17(27-3)9-7-16/h4-10,13H,11-12H2,1-3H3,(H,23,24,25). The first-order valence-corrected chi connectivity index (χ1v) is 10.1. The number of hydrogen-bond acceptors (Lipinski definition) is 7. The van der Waals surface area contributed by atoms with Gasteiger partial charge in [0.05, 0.1) is 12.8 Å². The Morgan fingerprint density at radius 1 is 1.07 bits per heavy atom. The van der Waals surface area contributed by atoms with Crippen LogP contribution in [-0.2, 0) is 14.3 Å². The first-order valence-electron chi connectivity index (χ1n) is 9.20. The van der Waals surface area contributed by atoms with Gasteiger partial charge >= 0.3 is 5.97 Å². The predicted octanol–water partition coefficient (Wildman–Crippen LogP) is 4.00. The topological polar surface area (TPSA) is 86.8 Å². The molecule has 0 unspecified atom stereocenters. The van der Waals surface area contributed by atoms with Crippen molar-refractivity contribution in [3.05, 3.63) is 59.0 Å². The van der Waals surface area contributed by atoms with E-state index in [-0.39, 0.29) is 6.61 Å². The number of carbonyl (C=O) groups excluding carboxylic acids is 2. The highest BCUT2D eigenvalue weighted by Gasteiger charge is 2.12. The summed E-state index contributed by atoms with van der Waals surface area (Å²) in [6, 6.07) is 13.2. The van der Waals surface area contributed by atoms with E-state index in [0.717, 1.165) is 28.1 Å². The number of thiazole rings is 1. The fraction of sp³-hybridized carbons (Fsp3) is 0.227. The number of aromatic nitrogens is 1. The number of methoxy groups -OCH3 is 1. The van der Waals surface area contributed by atoms with Crippen molar-refractivity contribution in [1.82, 2.24) is 4.98 Å². The molecule has 0 fully saturated rings. The van der Waals surface area contributed by atoms with E-state index in [4.69, 9.17) is 14.2 Å². The van der Waals surface area contributed by atoms with Crippen LogP contribution in [0.15, 0.2) is 47.8 Å². The summed E-state index contributed by atoms with van der Waals surface area (Å²) < 4.78 is 15.6. The first-order chi connectivity index (χ1) is 14.4. The second kappa shape index (κ2) is 9.89. The summed E-state index contributed by atoms with van der Waals surface area (Å²) in [4.78, 5) is 28.3. The Kier molecular flexibility index (Phi) is 7.03. The Labute approximate surface area is 178 Å². The van der Waals surface area contributed by atoms with Gasteiger partial charge in [0.25, 0.3) is 5.91 Å². The highest BCUT2D eigenvalue weighted by atomic mass is 32.1. The average molecular weight is 426 g/mol. The third-order valence-corrected chi connectivity index (χ3v) is 4.95. The van der Waals surface area contributed by atoms with Crippen LogP contribution in [0.1, 0.15) is 11.1 Å². The smallest absolute Gasteiger partial charge is 0.344 e. The van der Waals surface area contributed by atoms with Crippen molar-refractivity contribution in [3.8, 4) is 22.8 Å². The van der Waals surface area contributed by atoms with Crippen LogP contribution in [0.3, 0.4) is 0 Å². The summed E-state index contributed by atoms with van der Waals surface area (Å²) >= 11 is 1.29. The van der Waals surface area contributed by atoms with Crippen molar-refractivity contribution in [2.24, 2.45) is 0 Å². The maximum Gasteiger partial charge on any atom is 0.344 e. The van der Waals surface area contributed by atoms with Crippen LogP contribution in [-0.4, -0.2) is 37.2 Å². The normalized spacial score (nSPS) is 10.4. The molecule has 8 heteroatoms. The monoisotopic (exact) mass is 426 g/mol. The molecule has 0 bridgehead atoms. The van der Waals surface area contributed by atoms with Crippen molar-refractivity contribution in [3.63, 3.8) is 0 Å². The lowest BCUT2D eigenvalue weighted by atomic mass is 10.1. The Morgan fingerprint density at radius 2 is 1.83 bits per heavy atom. The van der Waals surface area contributed by atoms with E-state index in [1.165, 1.54) is 11.3 Å². The first kappa shape index (κ1) is 21.3. The fourth-order valence-electron chi connectivity index (χ4n) is 2.57. The van der Waals surface area contributed by atoms with Gasteiger partial charge in [0.1, 0.15) is 11.5 Å². The number of esters is 1. The summed E-state index contributed by atoms with van der Waals surface area (Å²) in [6.45, 7) is 3.15. The molecule has 30 heavy (non-hydrogen) atoms. The van der Waals surface area contributed by atoms with E-state index < -0.39 is 18.5 Å². The van der Waals surface area contributed by atoms with Crippen LogP contribution in [0.25, 0.3) is 11.3 Å². The number of aryl methyl sites for hydroxylation is 2. The second-order valence-corrected chi connectivity index (χ2v) is 7.39. The summed E-state index contributed by atoms with van der Waals surface area (Å²) in [5.74, 6) is 0.283. The number of amides is 1. The SMILES string of the molecule is COc1ccc(-c2csc(NC(=O)COC(=O)COc3cc(C)ccc3C)n2)cc1. The van der Waals surface area contributed by atoms with Gasteiger partial charge < -0.3 is 14.2 Å². The zero-order chi connectivity index (χ0) is 21.5. The zero-order valence-electron chi connectivity index (χ0n) is 16.9. The number of nitrogens with zero attached hydrogens (tertiary/aromatic N) is 1. The largest absolute Gasteiger partial charge is 0.497 e. The number of rotatable bonds is 8. The molecule has 0 aliphatic carbocycles. The average Bonchev–Trinajstić information content (AvgIpc) is 3.21. The molecule has 0 aliphatic rings. The lowest BCUT2D eigenvalue weighted by Crippen LogP contribution is -2.23. The van der Waals surface area contributed by atoms with Crippen LogP contribution in [0.4, 0.5) is 5.13 Å². The molecule has 156 valence electrons. The van der Waals surface area contributed by atoms with E-state index in [0.29, 0.717) is 10.9 Å². The maximum atomic E-state index is 12.0. The van der Waals surface area contributed by atoms with Gasteiger partial charge in [0.2, 0.25) is 0 Å². The molecule has 3 aromatic rings. The quantitative estimate of drug-likeness (QED) is 0.548. The van der Waals surface area contributed by atoms with Gasteiger partial charge in [-0.2, -0.15) is 0 Å². The van der Waals surface area contributed by atoms with Crippen molar-refractivity contribution in [1.29, 1.82) is 0 Å². The maximum absolute atomic E-state index is 12.0. The predicted molar refractivity (Wildman–Crippen MR) is 115 cm³/mol. The van der Waals surface area contributed by atoms with Gasteiger partial charge in [-0.25, -0.2) is 9.78 Å². The number of carbonyl (C=O) groups is 2. The summed E-state index contributed by atoms with van der Waals surface area (Å²) in [6.07, 6.45) is 0. The minimum Gasteiger partial charge on any atom is -0.497 e. The van der Waals surface area contributed by atoms with Gasteiger partial charge in [-0.1, -0.05) is 12.1 Å². The van der Waals surface area contributed by atoms with Gasteiger partial charge in [-0.15, -0.1) is 11.3 Å². The number of ether oxygens (including phenoxy) is 3. The van der Waals surface area contributed by atoms with Crippen molar-refractivity contribution in [2.45, 2.75) is 13.8 Å². The van der Waals surface area contributed by atoms with E-state index in [1.54, 1.807) is 7.11 Å². The number of anilines is 1. The highest BCUT2D eigenvalue weighted by Crippen LogP contribution is 2.26. The molecule has 1 aromatic heterocycles. The van der Waals surface area contributed by atoms with Crippen LogP contribution < -0.4 is 14.8 Å². The molecule has 1 heterocycles. The molecule has 7 nitrogen and oxygen atoms in total.